The lowest BCUT2D eigenvalue weighted by Crippen LogP contribution is -2.58. The third kappa shape index (κ3) is 3.99. The number of fused-ring (bicyclic) bond motifs is 3. The number of hydrogen-bond acceptors (Lipinski definition) is 8. The van der Waals surface area contributed by atoms with Gasteiger partial charge in [-0.15, -0.1) is 0 Å². The van der Waals surface area contributed by atoms with Gasteiger partial charge in [0.2, 0.25) is 5.95 Å². The monoisotopic (exact) mass is 529 g/mol. The SMILES string of the molecule is CN(C)C1CN(c2nc(N3CCN(C(=O)O)C(CC#N)C3)c3c4c(c(Br)cc3n2)CCCO4)C1. The highest BCUT2D eigenvalue weighted by molar-refractivity contribution is 9.10. The van der Waals surface area contributed by atoms with E-state index in [1.165, 1.54) is 4.90 Å². The van der Waals surface area contributed by atoms with Crippen LogP contribution in [-0.2, 0) is 6.42 Å². The number of carbonyl (C=O) groups is 1. The van der Waals surface area contributed by atoms with Gasteiger partial charge in [0.05, 0.1) is 36.0 Å². The summed E-state index contributed by atoms with van der Waals surface area (Å²) in [5, 5.41) is 19.8. The zero-order valence-electron chi connectivity index (χ0n) is 19.4. The summed E-state index contributed by atoms with van der Waals surface area (Å²) < 4.78 is 7.14. The van der Waals surface area contributed by atoms with Gasteiger partial charge in [-0.1, -0.05) is 15.9 Å². The lowest BCUT2D eigenvalue weighted by molar-refractivity contribution is 0.119. The van der Waals surface area contributed by atoms with E-state index in [4.69, 9.17) is 14.7 Å². The van der Waals surface area contributed by atoms with Crippen molar-refractivity contribution >= 4 is 44.7 Å². The van der Waals surface area contributed by atoms with E-state index in [-0.39, 0.29) is 6.42 Å². The quantitative estimate of drug-likeness (QED) is 0.638. The van der Waals surface area contributed by atoms with E-state index in [1.807, 2.05) is 6.07 Å². The average molecular weight is 530 g/mol. The maximum atomic E-state index is 11.7. The molecule has 3 aliphatic rings. The third-order valence-corrected chi connectivity index (χ3v) is 7.71. The Labute approximate surface area is 206 Å². The molecule has 1 atom stereocenters. The lowest BCUT2D eigenvalue weighted by atomic mass is 10.0. The van der Waals surface area contributed by atoms with Crippen molar-refractivity contribution in [3.8, 4) is 11.8 Å². The molecule has 0 saturated carbocycles. The van der Waals surface area contributed by atoms with Gasteiger partial charge in [0.1, 0.15) is 11.6 Å². The standard InChI is InChI=1S/C23H28BrN7O3/c1-28(2)15-12-30(13-15)22-26-18-10-17(24)16-4-3-9-34-20(16)19(18)21(27-22)29-7-8-31(23(32)33)14(11-29)5-6-25/h10,14-15H,3-5,7-9,11-13H2,1-2H3,(H,32,33). The van der Waals surface area contributed by atoms with Crippen LogP contribution < -0.4 is 14.5 Å². The topological polar surface area (TPSA) is 109 Å². The number of halogens is 1. The first-order chi connectivity index (χ1) is 16.4. The summed E-state index contributed by atoms with van der Waals surface area (Å²) in [7, 11) is 4.15. The second-order valence-electron chi connectivity index (χ2n) is 9.32. The number of benzene rings is 1. The maximum absolute atomic E-state index is 11.7. The summed E-state index contributed by atoms with van der Waals surface area (Å²) >= 11 is 3.72. The van der Waals surface area contributed by atoms with Crippen molar-refractivity contribution in [2.24, 2.45) is 0 Å². The zero-order valence-corrected chi connectivity index (χ0v) is 21.0. The fourth-order valence-electron chi connectivity index (χ4n) is 4.95. The van der Waals surface area contributed by atoms with Crippen LogP contribution in [0.15, 0.2) is 10.5 Å². The second-order valence-corrected chi connectivity index (χ2v) is 10.2. The molecule has 0 aliphatic carbocycles. The molecule has 2 aromatic rings. The number of piperazine rings is 1. The number of aromatic nitrogens is 2. The Bertz CT molecular complexity index is 1160. The molecule has 0 bridgehead atoms. The molecule has 4 heterocycles. The number of rotatable bonds is 4. The number of anilines is 2. The van der Waals surface area contributed by atoms with E-state index in [1.54, 1.807) is 0 Å². The highest BCUT2D eigenvalue weighted by Crippen LogP contribution is 2.43. The van der Waals surface area contributed by atoms with Gasteiger partial charge in [0.25, 0.3) is 0 Å². The Kier molecular flexibility index (Phi) is 6.12. The fraction of sp³-hybridized carbons (Fsp3) is 0.565. The lowest BCUT2D eigenvalue weighted by Gasteiger charge is -2.43. The van der Waals surface area contributed by atoms with Crippen LogP contribution >= 0.6 is 15.9 Å². The summed E-state index contributed by atoms with van der Waals surface area (Å²) in [6, 6.07) is 4.23. The van der Waals surface area contributed by atoms with E-state index in [2.05, 4.69) is 50.8 Å². The van der Waals surface area contributed by atoms with E-state index in [0.29, 0.717) is 38.2 Å². The van der Waals surface area contributed by atoms with Crippen molar-refractivity contribution in [3.63, 3.8) is 0 Å². The number of amides is 1. The molecule has 10 nitrogen and oxygen atoms in total. The Morgan fingerprint density at radius 1 is 1.29 bits per heavy atom. The number of carboxylic acid groups (broad SMARTS) is 1. The summed E-state index contributed by atoms with van der Waals surface area (Å²) in [6.45, 7) is 3.55. The summed E-state index contributed by atoms with van der Waals surface area (Å²) in [5.41, 5.74) is 1.92. The number of nitriles is 1. The van der Waals surface area contributed by atoms with E-state index >= 15 is 0 Å². The zero-order chi connectivity index (χ0) is 24.0. The largest absolute Gasteiger partial charge is 0.492 e. The molecule has 11 heteroatoms. The Morgan fingerprint density at radius 2 is 2.09 bits per heavy atom. The van der Waals surface area contributed by atoms with E-state index < -0.39 is 12.1 Å². The molecular weight excluding hydrogens is 502 g/mol. The number of ether oxygens (including phenoxy) is 1. The van der Waals surface area contributed by atoms with Crippen molar-refractivity contribution in [1.82, 2.24) is 19.8 Å². The van der Waals surface area contributed by atoms with Crippen LogP contribution in [0.5, 0.6) is 5.75 Å². The molecular formula is C23H28BrN7O3. The van der Waals surface area contributed by atoms with Gasteiger partial charge >= 0.3 is 6.09 Å². The Balaban J connectivity index is 1.60. The van der Waals surface area contributed by atoms with Gasteiger partial charge < -0.3 is 29.4 Å². The van der Waals surface area contributed by atoms with Crippen LogP contribution in [-0.4, -0.2) is 96.5 Å². The molecule has 1 N–H and O–H groups in total. The molecule has 2 fully saturated rings. The van der Waals surface area contributed by atoms with Crippen molar-refractivity contribution < 1.29 is 14.6 Å². The number of nitrogens with zero attached hydrogens (tertiary/aromatic N) is 7. The first-order valence-electron chi connectivity index (χ1n) is 11.6. The smallest absolute Gasteiger partial charge is 0.407 e. The van der Waals surface area contributed by atoms with Gasteiger partial charge in [-0.25, -0.2) is 9.78 Å². The normalized spacial score (nSPS) is 20.7. The first kappa shape index (κ1) is 22.9. The molecule has 1 aromatic heterocycles. The van der Waals surface area contributed by atoms with Crippen LogP contribution in [0.25, 0.3) is 10.9 Å². The van der Waals surface area contributed by atoms with Crippen LogP contribution in [0, 0.1) is 11.3 Å². The Morgan fingerprint density at radius 3 is 2.79 bits per heavy atom. The van der Waals surface area contributed by atoms with Gasteiger partial charge in [-0.2, -0.15) is 10.2 Å². The number of hydrogen-bond donors (Lipinski definition) is 1. The first-order valence-corrected chi connectivity index (χ1v) is 12.4. The molecule has 1 amide bonds. The molecule has 34 heavy (non-hydrogen) atoms. The van der Waals surface area contributed by atoms with Gasteiger partial charge in [0, 0.05) is 48.8 Å². The third-order valence-electron chi connectivity index (χ3n) is 7.01. The van der Waals surface area contributed by atoms with Crippen molar-refractivity contribution in [3.05, 3.63) is 16.1 Å². The predicted molar refractivity (Wildman–Crippen MR) is 132 cm³/mol. The molecule has 3 aliphatic heterocycles. The van der Waals surface area contributed by atoms with Crippen LogP contribution in [0.1, 0.15) is 18.4 Å². The average Bonchev–Trinajstić information content (AvgIpc) is 2.77. The summed E-state index contributed by atoms with van der Waals surface area (Å²) in [5.74, 6) is 2.23. The fourth-order valence-corrected chi connectivity index (χ4v) is 5.55. The highest BCUT2D eigenvalue weighted by Gasteiger charge is 2.35. The van der Waals surface area contributed by atoms with E-state index in [9.17, 15) is 15.2 Å². The van der Waals surface area contributed by atoms with Crippen LogP contribution in [0.4, 0.5) is 16.6 Å². The van der Waals surface area contributed by atoms with Gasteiger partial charge in [-0.05, 0) is 33.0 Å². The number of likely N-dealkylation sites (N-methyl/N-ethyl adjacent to an activating group) is 1. The Hall–Kier alpha value is -2.84. The maximum Gasteiger partial charge on any atom is 0.407 e. The van der Waals surface area contributed by atoms with Crippen molar-refractivity contribution in [2.45, 2.75) is 31.3 Å². The molecule has 180 valence electrons. The summed E-state index contributed by atoms with van der Waals surface area (Å²) in [4.78, 5) is 29.5. The van der Waals surface area contributed by atoms with Gasteiger partial charge in [-0.3, -0.25) is 0 Å². The molecule has 0 spiro atoms. The van der Waals surface area contributed by atoms with Crippen molar-refractivity contribution in [1.29, 1.82) is 5.26 Å². The molecule has 2 saturated heterocycles. The summed E-state index contributed by atoms with van der Waals surface area (Å²) in [6.07, 6.45) is 1.00. The predicted octanol–water partition coefficient (Wildman–Crippen LogP) is 2.55. The minimum Gasteiger partial charge on any atom is -0.492 e. The molecule has 0 radical (unpaired) electrons. The molecule has 1 unspecified atom stereocenters. The van der Waals surface area contributed by atoms with Gasteiger partial charge in [0.15, 0.2) is 0 Å². The minimum absolute atomic E-state index is 0.134. The minimum atomic E-state index is -0.993. The second kappa shape index (κ2) is 9.07. The molecule has 1 aromatic carbocycles. The molecule has 5 rings (SSSR count). The highest BCUT2D eigenvalue weighted by atomic mass is 79.9. The van der Waals surface area contributed by atoms with Crippen molar-refractivity contribution in [2.75, 3.05) is 63.2 Å². The van der Waals surface area contributed by atoms with Crippen LogP contribution in [0.3, 0.4) is 0 Å². The van der Waals surface area contributed by atoms with E-state index in [0.717, 1.165) is 58.4 Å². The van der Waals surface area contributed by atoms with Crippen LogP contribution in [0.2, 0.25) is 0 Å².